The summed E-state index contributed by atoms with van der Waals surface area (Å²) in [5.41, 5.74) is 0.452. The summed E-state index contributed by atoms with van der Waals surface area (Å²) in [6.45, 7) is 8.85. The summed E-state index contributed by atoms with van der Waals surface area (Å²) in [4.78, 5) is 25.4. The van der Waals surface area contributed by atoms with Gasteiger partial charge in [0.2, 0.25) is 0 Å². The first kappa shape index (κ1) is 18.1. The zero-order valence-electron chi connectivity index (χ0n) is 14.7. The minimum absolute atomic E-state index is 0.0630. The van der Waals surface area contributed by atoms with Gasteiger partial charge in [-0.05, 0) is 33.3 Å². The van der Waals surface area contributed by atoms with E-state index in [2.05, 4.69) is 5.32 Å². The predicted octanol–water partition coefficient (Wildman–Crippen LogP) is 3.17. The number of carbonyl (C=O) groups is 2. The van der Waals surface area contributed by atoms with E-state index in [0.29, 0.717) is 13.1 Å². The third-order valence-corrected chi connectivity index (χ3v) is 3.83. The van der Waals surface area contributed by atoms with Crippen molar-refractivity contribution in [2.75, 3.05) is 13.1 Å². The molecule has 1 unspecified atom stereocenters. The van der Waals surface area contributed by atoms with Crippen molar-refractivity contribution in [2.24, 2.45) is 5.92 Å². The molecule has 0 aromatic heterocycles. The van der Waals surface area contributed by atoms with E-state index in [-0.39, 0.29) is 24.7 Å². The molecule has 6 heteroatoms. The summed E-state index contributed by atoms with van der Waals surface area (Å²) in [7, 11) is 0. The van der Waals surface area contributed by atoms with Gasteiger partial charge in [0.25, 0.3) is 0 Å². The van der Waals surface area contributed by atoms with E-state index in [0.717, 1.165) is 5.56 Å². The molecule has 1 saturated heterocycles. The van der Waals surface area contributed by atoms with Gasteiger partial charge in [-0.1, -0.05) is 30.3 Å². The second-order valence-electron chi connectivity index (χ2n) is 7.14. The van der Waals surface area contributed by atoms with Crippen LogP contribution in [0.4, 0.5) is 9.59 Å². The molecular weight excluding hydrogens is 308 g/mol. The Labute approximate surface area is 143 Å². The molecule has 24 heavy (non-hydrogen) atoms. The zero-order valence-corrected chi connectivity index (χ0v) is 14.7. The third kappa shape index (κ3) is 5.44. The van der Waals surface area contributed by atoms with Gasteiger partial charge in [-0.25, -0.2) is 9.59 Å². The average Bonchev–Trinajstić information content (AvgIpc) is 2.42. The predicted molar refractivity (Wildman–Crippen MR) is 90.5 cm³/mol. The van der Waals surface area contributed by atoms with Crippen molar-refractivity contribution in [3.05, 3.63) is 35.9 Å². The minimum Gasteiger partial charge on any atom is -0.445 e. The van der Waals surface area contributed by atoms with Crippen molar-refractivity contribution in [1.82, 2.24) is 10.2 Å². The molecule has 0 aliphatic carbocycles. The maximum absolute atomic E-state index is 11.9. The van der Waals surface area contributed by atoms with Crippen LogP contribution in [0.15, 0.2) is 30.3 Å². The highest BCUT2D eigenvalue weighted by molar-refractivity contribution is 5.70. The lowest BCUT2D eigenvalue weighted by molar-refractivity contribution is -0.00564. The number of hydrogen-bond acceptors (Lipinski definition) is 4. The first-order valence-corrected chi connectivity index (χ1v) is 8.20. The van der Waals surface area contributed by atoms with Crippen LogP contribution in [0.1, 0.15) is 33.3 Å². The van der Waals surface area contributed by atoms with Crippen molar-refractivity contribution in [2.45, 2.75) is 45.9 Å². The molecule has 132 valence electrons. The number of rotatable bonds is 4. The Bertz CT molecular complexity index is 562. The molecular formula is C18H26N2O4. The number of likely N-dealkylation sites (tertiary alicyclic amines) is 1. The van der Waals surface area contributed by atoms with Crippen molar-refractivity contribution >= 4 is 12.2 Å². The minimum atomic E-state index is -0.493. The number of alkyl carbamates (subject to hydrolysis) is 1. The van der Waals surface area contributed by atoms with Gasteiger partial charge in [0, 0.05) is 25.0 Å². The van der Waals surface area contributed by atoms with Crippen LogP contribution in [0.2, 0.25) is 0 Å². The summed E-state index contributed by atoms with van der Waals surface area (Å²) in [5, 5.41) is 2.82. The van der Waals surface area contributed by atoms with E-state index in [4.69, 9.17) is 9.47 Å². The molecule has 1 fully saturated rings. The second kappa shape index (κ2) is 7.55. The molecule has 2 amide bonds. The van der Waals surface area contributed by atoms with Crippen LogP contribution in [-0.4, -0.2) is 41.8 Å². The summed E-state index contributed by atoms with van der Waals surface area (Å²) < 4.78 is 10.5. The number of hydrogen-bond donors (Lipinski definition) is 1. The Kier molecular flexibility index (Phi) is 5.70. The average molecular weight is 334 g/mol. The van der Waals surface area contributed by atoms with Crippen LogP contribution in [0, 0.1) is 5.92 Å². The highest BCUT2D eigenvalue weighted by atomic mass is 16.6. The van der Waals surface area contributed by atoms with E-state index in [1.807, 2.05) is 58.0 Å². The van der Waals surface area contributed by atoms with Crippen molar-refractivity contribution in [3.63, 3.8) is 0 Å². The largest absolute Gasteiger partial charge is 0.445 e. The lowest BCUT2D eigenvalue weighted by Gasteiger charge is -2.42. The van der Waals surface area contributed by atoms with E-state index >= 15 is 0 Å². The van der Waals surface area contributed by atoms with Gasteiger partial charge in [0.15, 0.2) is 0 Å². The van der Waals surface area contributed by atoms with Gasteiger partial charge in [0.05, 0.1) is 0 Å². The van der Waals surface area contributed by atoms with Crippen molar-refractivity contribution in [1.29, 1.82) is 0 Å². The Morgan fingerprint density at radius 2 is 1.88 bits per heavy atom. The molecule has 1 N–H and O–H groups in total. The first-order chi connectivity index (χ1) is 11.2. The number of nitrogens with one attached hydrogen (secondary N) is 1. The number of benzene rings is 1. The van der Waals surface area contributed by atoms with Crippen molar-refractivity contribution < 1.29 is 19.1 Å². The fourth-order valence-electron chi connectivity index (χ4n) is 2.37. The molecule has 2 rings (SSSR count). The summed E-state index contributed by atoms with van der Waals surface area (Å²) >= 11 is 0. The Morgan fingerprint density at radius 3 is 2.46 bits per heavy atom. The van der Waals surface area contributed by atoms with Gasteiger partial charge < -0.3 is 19.7 Å². The Balaban J connectivity index is 1.68. The van der Waals surface area contributed by atoms with Gasteiger partial charge in [-0.2, -0.15) is 0 Å². The van der Waals surface area contributed by atoms with Crippen molar-refractivity contribution in [3.8, 4) is 0 Å². The number of amides is 2. The molecule has 1 heterocycles. The molecule has 1 aromatic rings. The molecule has 6 nitrogen and oxygen atoms in total. The number of nitrogens with zero attached hydrogens (tertiary/aromatic N) is 1. The van der Waals surface area contributed by atoms with Crippen LogP contribution >= 0.6 is 0 Å². The lowest BCUT2D eigenvalue weighted by Crippen LogP contribution is -2.58. The maximum Gasteiger partial charge on any atom is 0.410 e. The second-order valence-corrected chi connectivity index (χ2v) is 7.14. The normalized spacial score (nSPS) is 16.1. The van der Waals surface area contributed by atoms with Crippen LogP contribution in [0.25, 0.3) is 0 Å². The van der Waals surface area contributed by atoms with Crippen LogP contribution in [0.5, 0.6) is 0 Å². The molecule has 1 atom stereocenters. The summed E-state index contributed by atoms with van der Waals surface area (Å²) in [6.07, 6.45) is -0.750. The maximum atomic E-state index is 11.9. The molecule has 0 spiro atoms. The lowest BCUT2D eigenvalue weighted by atomic mass is 9.93. The zero-order chi connectivity index (χ0) is 17.7. The highest BCUT2D eigenvalue weighted by Gasteiger charge is 2.37. The Morgan fingerprint density at radius 1 is 1.25 bits per heavy atom. The third-order valence-electron chi connectivity index (χ3n) is 3.83. The summed E-state index contributed by atoms with van der Waals surface area (Å²) in [6, 6.07) is 9.46. The fourth-order valence-corrected chi connectivity index (χ4v) is 2.37. The van der Waals surface area contributed by atoms with Gasteiger partial charge in [0.1, 0.15) is 12.2 Å². The molecule has 0 saturated carbocycles. The standard InChI is InChI=1S/C18H26N2O4/c1-13(15-10-20(11-15)17(22)24-18(2,3)4)19-16(21)23-12-14-8-6-5-7-9-14/h5-9,13,15H,10-12H2,1-4H3,(H,19,21). The molecule has 1 aromatic carbocycles. The van der Waals surface area contributed by atoms with Crippen LogP contribution in [-0.2, 0) is 16.1 Å². The van der Waals surface area contributed by atoms with Gasteiger partial charge >= 0.3 is 12.2 Å². The molecule has 1 aliphatic rings. The molecule has 0 radical (unpaired) electrons. The van der Waals surface area contributed by atoms with E-state index in [1.54, 1.807) is 4.90 Å². The number of carbonyl (C=O) groups excluding carboxylic acids is 2. The number of ether oxygens (including phenoxy) is 2. The summed E-state index contributed by atoms with van der Waals surface area (Å²) in [5.74, 6) is 0.210. The van der Waals surface area contributed by atoms with Crippen LogP contribution in [0.3, 0.4) is 0 Å². The quantitative estimate of drug-likeness (QED) is 0.918. The SMILES string of the molecule is CC(NC(=O)OCc1ccccc1)C1CN(C(=O)OC(C)(C)C)C1. The van der Waals surface area contributed by atoms with Gasteiger partial charge in [-0.15, -0.1) is 0 Å². The molecule has 0 bridgehead atoms. The first-order valence-electron chi connectivity index (χ1n) is 8.20. The van der Waals surface area contributed by atoms with E-state index in [1.165, 1.54) is 0 Å². The fraction of sp³-hybridized carbons (Fsp3) is 0.556. The molecule has 1 aliphatic heterocycles. The van der Waals surface area contributed by atoms with Crippen LogP contribution < -0.4 is 5.32 Å². The van der Waals surface area contributed by atoms with E-state index < -0.39 is 11.7 Å². The van der Waals surface area contributed by atoms with E-state index in [9.17, 15) is 9.59 Å². The Hall–Kier alpha value is -2.24. The monoisotopic (exact) mass is 334 g/mol. The smallest absolute Gasteiger partial charge is 0.410 e. The van der Waals surface area contributed by atoms with Gasteiger partial charge in [-0.3, -0.25) is 0 Å². The topological polar surface area (TPSA) is 67.9 Å². The highest BCUT2D eigenvalue weighted by Crippen LogP contribution is 2.22.